The Bertz CT molecular complexity index is 1100. The van der Waals surface area contributed by atoms with Crippen LogP contribution in [0.25, 0.3) is 10.9 Å². The quantitative estimate of drug-likeness (QED) is 0.585. The minimum absolute atomic E-state index is 0.190. The SMILES string of the molecule is O=C(Nc1nc(C23CC4CC(CC(C4)C2)C3)cs1)c1cc2c(F)cc(F)cc2[nH]1. The van der Waals surface area contributed by atoms with Crippen molar-refractivity contribution in [2.45, 2.75) is 43.9 Å². The summed E-state index contributed by atoms with van der Waals surface area (Å²) in [5, 5.41) is 5.69. The molecule has 4 fully saturated rings. The van der Waals surface area contributed by atoms with Gasteiger partial charge in [0.25, 0.3) is 5.91 Å². The first kappa shape index (κ1) is 17.6. The van der Waals surface area contributed by atoms with Gasteiger partial charge in [0, 0.05) is 22.2 Å². The van der Waals surface area contributed by atoms with Gasteiger partial charge < -0.3 is 4.98 Å². The Morgan fingerprint density at radius 3 is 2.48 bits per heavy atom. The van der Waals surface area contributed by atoms with Crippen LogP contribution in [0.15, 0.2) is 23.6 Å². The first-order valence-corrected chi connectivity index (χ1v) is 11.1. The molecule has 0 spiro atoms. The van der Waals surface area contributed by atoms with Gasteiger partial charge in [0.1, 0.15) is 17.3 Å². The van der Waals surface area contributed by atoms with Gasteiger partial charge in [-0.05, 0) is 68.4 Å². The fourth-order valence-electron chi connectivity index (χ4n) is 6.45. The summed E-state index contributed by atoms with van der Waals surface area (Å²) >= 11 is 1.44. The van der Waals surface area contributed by atoms with E-state index in [2.05, 4.69) is 15.7 Å². The van der Waals surface area contributed by atoms with E-state index in [1.807, 2.05) is 0 Å². The van der Waals surface area contributed by atoms with Gasteiger partial charge in [0.15, 0.2) is 5.13 Å². The molecule has 3 aromatic rings. The fraction of sp³-hybridized carbons (Fsp3) is 0.455. The van der Waals surface area contributed by atoms with Crippen LogP contribution in [0.4, 0.5) is 13.9 Å². The van der Waals surface area contributed by atoms with Crippen molar-refractivity contribution >= 4 is 33.3 Å². The molecule has 4 aliphatic carbocycles. The Morgan fingerprint density at radius 2 is 1.79 bits per heavy atom. The predicted octanol–water partition coefficient (Wildman–Crippen LogP) is 5.62. The summed E-state index contributed by atoms with van der Waals surface area (Å²) < 4.78 is 27.3. The van der Waals surface area contributed by atoms with Gasteiger partial charge in [0.05, 0.1) is 11.2 Å². The lowest BCUT2D eigenvalue weighted by Gasteiger charge is -2.56. The third-order valence-electron chi connectivity index (χ3n) is 7.20. The molecule has 7 rings (SSSR count). The van der Waals surface area contributed by atoms with E-state index in [1.165, 1.54) is 62.0 Å². The van der Waals surface area contributed by atoms with E-state index in [1.54, 1.807) is 0 Å². The first-order chi connectivity index (χ1) is 14.0. The van der Waals surface area contributed by atoms with Gasteiger partial charge in [-0.15, -0.1) is 11.3 Å². The normalized spacial score (nSPS) is 30.2. The Kier molecular flexibility index (Phi) is 3.70. The number of carbonyl (C=O) groups excluding carboxylic acids is 1. The number of aromatic nitrogens is 2. The minimum atomic E-state index is -0.686. The zero-order chi connectivity index (χ0) is 19.8. The highest BCUT2D eigenvalue weighted by atomic mass is 32.1. The number of H-pyrrole nitrogens is 1. The van der Waals surface area contributed by atoms with Crippen LogP contribution in [-0.4, -0.2) is 15.9 Å². The highest BCUT2D eigenvalue weighted by Crippen LogP contribution is 2.60. The van der Waals surface area contributed by atoms with Crippen molar-refractivity contribution in [2.24, 2.45) is 17.8 Å². The van der Waals surface area contributed by atoms with Gasteiger partial charge in [-0.1, -0.05) is 0 Å². The number of anilines is 1. The smallest absolute Gasteiger partial charge is 0.273 e. The molecule has 2 N–H and O–H groups in total. The van der Waals surface area contributed by atoms with E-state index >= 15 is 0 Å². The van der Waals surface area contributed by atoms with Crippen molar-refractivity contribution in [2.75, 3.05) is 5.32 Å². The lowest BCUT2D eigenvalue weighted by molar-refractivity contribution is -0.00688. The van der Waals surface area contributed by atoms with E-state index in [0.717, 1.165) is 29.5 Å². The topological polar surface area (TPSA) is 57.8 Å². The summed E-state index contributed by atoms with van der Waals surface area (Å²) in [7, 11) is 0. The summed E-state index contributed by atoms with van der Waals surface area (Å²) in [5.74, 6) is 0.748. The van der Waals surface area contributed by atoms with Crippen molar-refractivity contribution in [3.8, 4) is 0 Å². The minimum Gasteiger partial charge on any atom is -0.350 e. The summed E-state index contributed by atoms with van der Waals surface area (Å²) in [5.41, 5.74) is 1.77. The maximum absolute atomic E-state index is 13.9. The molecular formula is C22H21F2N3OS. The lowest BCUT2D eigenvalue weighted by Crippen LogP contribution is -2.48. The van der Waals surface area contributed by atoms with Crippen LogP contribution in [0.3, 0.4) is 0 Å². The monoisotopic (exact) mass is 413 g/mol. The zero-order valence-corrected chi connectivity index (χ0v) is 16.6. The second-order valence-electron chi connectivity index (χ2n) is 9.22. The number of nitrogens with zero attached hydrogens (tertiary/aromatic N) is 1. The molecule has 4 nitrogen and oxygen atoms in total. The van der Waals surface area contributed by atoms with Gasteiger partial charge in [0.2, 0.25) is 0 Å². The summed E-state index contributed by atoms with van der Waals surface area (Å²) in [6.45, 7) is 0. The molecule has 0 unspecified atom stereocenters. The largest absolute Gasteiger partial charge is 0.350 e. The summed E-state index contributed by atoms with van der Waals surface area (Å²) in [4.78, 5) is 20.2. The second-order valence-corrected chi connectivity index (χ2v) is 10.1. The molecule has 4 bridgehead atoms. The van der Waals surface area contributed by atoms with Crippen LogP contribution in [0.2, 0.25) is 0 Å². The van der Waals surface area contributed by atoms with Crippen LogP contribution in [0.5, 0.6) is 0 Å². The van der Waals surface area contributed by atoms with Crippen LogP contribution in [-0.2, 0) is 5.41 Å². The molecule has 4 saturated carbocycles. The molecular weight excluding hydrogens is 392 g/mol. The van der Waals surface area contributed by atoms with Crippen molar-refractivity contribution < 1.29 is 13.6 Å². The number of carbonyl (C=O) groups is 1. The number of nitrogens with one attached hydrogen (secondary N) is 2. The van der Waals surface area contributed by atoms with Crippen molar-refractivity contribution in [3.05, 3.63) is 46.6 Å². The molecule has 2 aromatic heterocycles. The van der Waals surface area contributed by atoms with Gasteiger partial charge in [-0.3, -0.25) is 10.1 Å². The number of amides is 1. The third kappa shape index (κ3) is 2.81. The molecule has 7 heteroatoms. The molecule has 2 heterocycles. The molecule has 4 aliphatic rings. The number of thiazole rings is 1. The van der Waals surface area contributed by atoms with Crippen LogP contribution >= 0.6 is 11.3 Å². The van der Waals surface area contributed by atoms with Gasteiger partial charge in [-0.25, -0.2) is 13.8 Å². The van der Waals surface area contributed by atoms with Crippen LogP contribution in [0.1, 0.15) is 54.7 Å². The van der Waals surface area contributed by atoms with E-state index in [9.17, 15) is 13.6 Å². The van der Waals surface area contributed by atoms with E-state index < -0.39 is 17.5 Å². The fourth-order valence-corrected chi connectivity index (χ4v) is 7.27. The summed E-state index contributed by atoms with van der Waals surface area (Å²) in [6.07, 6.45) is 7.81. The third-order valence-corrected chi connectivity index (χ3v) is 7.96. The maximum Gasteiger partial charge on any atom is 0.273 e. The van der Waals surface area contributed by atoms with Gasteiger partial charge >= 0.3 is 0 Å². The van der Waals surface area contributed by atoms with Crippen molar-refractivity contribution in [1.29, 1.82) is 0 Å². The number of hydrogen-bond acceptors (Lipinski definition) is 3. The predicted molar refractivity (Wildman–Crippen MR) is 108 cm³/mol. The highest BCUT2D eigenvalue weighted by molar-refractivity contribution is 7.14. The van der Waals surface area contributed by atoms with E-state index in [-0.39, 0.29) is 22.0 Å². The Morgan fingerprint density at radius 1 is 1.10 bits per heavy atom. The molecule has 0 radical (unpaired) electrons. The highest BCUT2D eigenvalue weighted by Gasteiger charge is 2.52. The number of fused-ring (bicyclic) bond motifs is 1. The molecule has 0 aliphatic heterocycles. The lowest BCUT2D eigenvalue weighted by atomic mass is 9.49. The Labute approximate surface area is 170 Å². The maximum atomic E-state index is 13.9. The van der Waals surface area contributed by atoms with E-state index in [0.29, 0.717) is 5.13 Å². The molecule has 150 valence electrons. The molecule has 1 amide bonds. The van der Waals surface area contributed by atoms with Crippen LogP contribution < -0.4 is 5.32 Å². The Balaban J connectivity index is 1.25. The number of aromatic amines is 1. The second kappa shape index (κ2) is 6.11. The standard InChI is InChI=1S/C22H21F2N3OS/c23-14-4-16(24)15-6-18(25-17(15)5-14)20(28)27-21-26-19(10-29-21)22-7-11-1-12(8-22)3-13(2-11)9-22/h4-6,10-13,25H,1-3,7-9H2,(H,26,27,28). The molecule has 1 aromatic carbocycles. The Hall–Kier alpha value is -2.28. The molecule has 29 heavy (non-hydrogen) atoms. The van der Waals surface area contributed by atoms with Crippen LogP contribution in [0, 0.1) is 29.4 Å². The van der Waals surface area contributed by atoms with Crippen molar-refractivity contribution in [1.82, 2.24) is 9.97 Å². The average molecular weight is 413 g/mol. The van der Waals surface area contributed by atoms with E-state index in [4.69, 9.17) is 4.98 Å². The average Bonchev–Trinajstić information content (AvgIpc) is 3.28. The molecule has 0 atom stereocenters. The number of hydrogen-bond donors (Lipinski definition) is 2. The number of rotatable bonds is 3. The number of benzene rings is 1. The molecule has 0 saturated heterocycles. The number of halogens is 2. The first-order valence-electron chi connectivity index (χ1n) is 10.2. The van der Waals surface area contributed by atoms with Crippen molar-refractivity contribution in [3.63, 3.8) is 0 Å². The van der Waals surface area contributed by atoms with Gasteiger partial charge in [-0.2, -0.15) is 0 Å². The zero-order valence-electron chi connectivity index (χ0n) is 15.8. The summed E-state index contributed by atoms with van der Waals surface area (Å²) in [6, 6.07) is 3.41.